The van der Waals surface area contributed by atoms with Crippen LogP contribution in [0.25, 0.3) is 0 Å². The molecule has 2 aromatic carbocycles. The number of amides is 2. The standard InChI is InChI=1S/C23H20ClN3O4/c24-17-8-4-7-16(11-17)13-27-10-9-26-14-18(20(28)21(29)19(26)23(27)31)22(30)25-12-15-5-2-1-3-6-15/h1-8,11,14,29H,9-10,12-13H2,(H,25,30). The third kappa shape index (κ3) is 4.32. The lowest BCUT2D eigenvalue weighted by molar-refractivity contribution is 0.0681. The van der Waals surface area contributed by atoms with Gasteiger partial charge in [0.15, 0.2) is 11.4 Å². The molecule has 31 heavy (non-hydrogen) atoms. The Morgan fingerprint density at radius 2 is 1.77 bits per heavy atom. The molecule has 0 saturated heterocycles. The molecule has 0 fully saturated rings. The van der Waals surface area contributed by atoms with Crippen LogP contribution < -0.4 is 10.7 Å². The molecule has 0 atom stereocenters. The first-order valence-electron chi connectivity index (χ1n) is 9.76. The summed E-state index contributed by atoms with van der Waals surface area (Å²) in [6, 6.07) is 16.4. The number of benzene rings is 2. The molecule has 7 nitrogen and oxygen atoms in total. The predicted molar refractivity (Wildman–Crippen MR) is 116 cm³/mol. The normalized spacial score (nSPS) is 13.1. The molecule has 0 radical (unpaired) electrons. The van der Waals surface area contributed by atoms with E-state index in [0.717, 1.165) is 11.1 Å². The maximum absolute atomic E-state index is 12.9. The van der Waals surface area contributed by atoms with E-state index in [1.165, 1.54) is 15.7 Å². The third-order valence-electron chi connectivity index (χ3n) is 5.16. The van der Waals surface area contributed by atoms with Crippen LogP contribution >= 0.6 is 11.6 Å². The molecule has 0 saturated carbocycles. The molecular weight excluding hydrogens is 418 g/mol. The quantitative estimate of drug-likeness (QED) is 0.642. The Kier molecular flexibility index (Phi) is 5.77. The molecule has 1 aliphatic rings. The Bertz CT molecular complexity index is 1210. The number of aromatic hydroxyl groups is 1. The lowest BCUT2D eigenvalue weighted by Gasteiger charge is -2.30. The average Bonchev–Trinajstić information content (AvgIpc) is 2.77. The van der Waals surface area contributed by atoms with Crippen LogP contribution in [-0.2, 0) is 19.6 Å². The van der Waals surface area contributed by atoms with Gasteiger partial charge in [0.25, 0.3) is 11.8 Å². The summed E-state index contributed by atoms with van der Waals surface area (Å²) < 4.78 is 1.46. The second-order valence-electron chi connectivity index (χ2n) is 7.29. The van der Waals surface area contributed by atoms with E-state index in [2.05, 4.69) is 5.32 Å². The summed E-state index contributed by atoms with van der Waals surface area (Å²) in [6.07, 6.45) is 1.34. The fraction of sp³-hybridized carbons (Fsp3) is 0.174. The van der Waals surface area contributed by atoms with Gasteiger partial charge in [-0.15, -0.1) is 0 Å². The van der Waals surface area contributed by atoms with Gasteiger partial charge in [0, 0.05) is 37.4 Å². The minimum atomic E-state index is -0.866. The van der Waals surface area contributed by atoms with Crippen molar-refractivity contribution in [3.8, 4) is 5.75 Å². The van der Waals surface area contributed by atoms with Gasteiger partial charge in [0.1, 0.15) is 5.56 Å². The number of hydrogen-bond acceptors (Lipinski definition) is 4. The number of halogens is 1. The van der Waals surface area contributed by atoms with Crippen LogP contribution in [0.3, 0.4) is 0 Å². The second kappa shape index (κ2) is 8.65. The molecule has 0 spiro atoms. The van der Waals surface area contributed by atoms with Gasteiger partial charge in [0.2, 0.25) is 5.43 Å². The summed E-state index contributed by atoms with van der Waals surface area (Å²) >= 11 is 6.01. The highest BCUT2D eigenvalue weighted by Gasteiger charge is 2.30. The molecule has 4 rings (SSSR count). The molecule has 2 N–H and O–H groups in total. The van der Waals surface area contributed by atoms with Crippen LogP contribution in [0.2, 0.25) is 5.02 Å². The van der Waals surface area contributed by atoms with Gasteiger partial charge in [-0.2, -0.15) is 0 Å². The highest BCUT2D eigenvalue weighted by atomic mass is 35.5. The highest BCUT2D eigenvalue weighted by molar-refractivity contribution is 6.30. The number of carbonyl (C=O) groups excluding carboxylic acids is 2. The minimum absolute atomic E-state index is 0.113. The van der Waals surface area contributed by atoms with Gasteiger partial charge < -0.3 is 19.9 Å². The van der Waals surface area contributed by atoms with Crippen molar-refractivity contribution in [2.45, 2.75) is 19.6 Å². The number of aromatic nitrogens is 1. The zero-order valence-corrected chi connectivity index (χ0v) is 17.3. The Balaban J connectivity index is 1.56. The lowest BCUT2D eigenvalue weighted by atomic mass is 10.1. The van der Waals surface area contributed by atoms with Crippen molar-refractivity contribution in [2.24, 2.45) is 0 Å². The number of fused-ring (bicyclic) bond motifs is 1. The number of rotatable bonds is 5. The molecule has 1 aliphatic heterocycles. The van der Waals surface area contributed by atoms with E-state index in [9.17, 15) is 19.5 Å². The molecule has 0 aliphatic carbocycles. The van der Waals surface area contributed by atoms with E-state index in [4.69, 9.17) is 11.6 Å². The van der Waals surface area contributed by atoms with Crippen molar-refractivity contribution < 1.29 is 14.7 Å². The van der Waals surface area contributed by atoms with Crippen LogP contribution in [0.15, 0.2) is 65.6 Å². The number of carbonyl (C=O) groups is 2. The molecule has 8 heteroatoms. The molecule has 2 amide bonds. The van der Waals surface area contributed by atoms with Crippen LogP contribution in [-0.4, -0.2) is 32.9 Å². The first-order chi connectivity index (χ1) is 14.9. The van der Waals surface area contributed by atoms with E-state index in [1.807, 2.05) is 36.4 Å². The molecule has 158 valence electrons. The van der Waals surface area contributed by atoms with Gasteiger partial charge in [0.05, 0.1) is 0 Å². The SMILES string of the molecule is O=C(NCc1ccccc1)c1cn2c(c(O)c1=O)C(=O)N(Cc1cccc(Cl)c1)CC2. The zero-order valence-electron chi connectivity index (χ0n) is 16.5. The van der Waals surface area contributed by atoms with Gasteiger partial charge >= 0.3 is 0 Å². The fourth-order valence-corrected chi connectivity index (χ4v) is 3.79. The van der Waals surface area contributed by atoms with Crippen LogP contribution in [0.5, 0.6) is 5.75 Å². The minimum Gasteiger partial charge on any atom is -0.503 e. The number of hydrogen-bond donors (Lipinski definition) is 2. The van der Waals surface area contributed by atoms with Gasteiger partial charge in [-0.05, 0) is 23.3 Å². The smallest absolute Gasteiger partial charge is 0.274 e. The Labute approximate surface area is 183 Å². The van der Waals surface area contributed by atoms with Crippen molar-refractivity contribution >= 4 is 23.4 Å². The summed E-state index contributed by atoms with van der Waals surface area (Å²) in [6.45, 7) is 1.25. The molecule has 0 unspecified atom stereocenters. The van der Waals surface area contributed by atoms with Crippen molar-refractivity contribution in [1.29, 1.82) is 0 Å². The van der Waals surface area contributed by atoms with Gasteiger partial charge in [-0.1, -0.05) is 54.1 Å². The first-order valence-corrected chi connectivity index (χ1v) is 10.1. The van der Waals surface area contributed by atoms with Crippen LogP contribution in [0.1, 0.15) is 32.0 Å². The molecule has 3 aromatic rings. The maximum atomic E-state index is 12.9. The zero-order chi connectivity index (χ0) is 22.0. The van der Waals surface area contributed by atoms with E-state index < -0.39 is 23.0 Å². The van der Waals surface area contributed by atoms with E-state index in [1.54, 1.807) is 18.2 Å². The maximum Gasteiger partial charge on any atom is 0.274 e. The molecule has 1 aromatic heterocycles. The van der Waals surface area contributed by atoms with Crippen molar-refractivity contribution in [3.05, 3.63) is 98.4 Å². The van der Waals surface area contributed by atoms with Crippen LogP contribution in [0, 0.1) is 0 Å². The lowest BCUT2D eigenvalue weighted by Crippen LogP contribution is -2.42. The topological polar surface area (TPSA) is 91.6 Å². The van der Waals surface area contributed by atoms with Gasteiger partial charge in [-0.3, -0.25) is 14.4 Å². The molecule has 0 bridgehead atoms. The third-order valence-corrected chi connectivity index (χ3v) is 5.39. The average molecular weight is 438 g/mol. The first kappa shape index (κ1) is 20.7. The number of nitrogens with one attached hydrogen (secondary N) is 1. The number of nitrogens with zero attached hydrogens (tertiary/aromatic N) is 2. The predicted octanol–water partition coefficient (Wildman–Crippen LogP) is 2.79. The van der Waals surface area contributed by atoms with Crippen molar-refractivity contribution in [3.63, 3.8) is 0 Å². The fourth-order valence-electron chi connectivity index (χ4n) is 3.57. The monoisotopic (exact) mass is 437 g/mol. The summed E-state index contributed by atoms with van der Waals surface area (Å²) in [7, 11) is 0. The number of pyridine rings is 1. The summed E-state index contributed by atoms with van der Waals surface area (Å²) in [5, 5.41) is 13.7. The largest absolute Gasteiger partial charge is 0.503 e. The van der Waals surface area contributed by atoms with E-state index >= 15 is 0 Å². The summed E-state index contributed by atoms with van der Waals surface area (Å²) in [4.78, 5) is 39.7. The van der Waals surface area contributed by atoms with E-state index in [-0.39, 0.29) is 17.8 Å². The molecular formula is C23H20ClN3O4. The summed E-state index contributed by atoms with van der Waals surface area (Å²) in [5.41, 5.74) is 0.541. The van der Waals surface area contributed by atoms with Gasteiger partial charge in [-0.25, -0.2) is 0 Å². The molecule has 2 heterocycles. The van der Waals surface area contributed by atoms with Crippen molar-refractivity contribution in [2.75, 3.05) is 6.54 Å². The Hall–Kier alpha value is -3.58. The Morgan fingerprint density at radius 3 is 2.52 bits per heavy atom. The van der Waals surface area contributed by atoms with Crippen molar-refractivity contribution in [1.82, 2.24) is 14.8 Å². The summed E-state index contributed by atoms with van der Waals surface area (Å²) in [5.74, 6) is -1.79. The Morgan fingerprint density at radius 1 is 1.03 bits per heavy atom. The second-order valence-corrected chi connectivity index (χ2v) is 7.72. The van der Waals surface area contributed by atoms with E-state index in [0.29, 0.717) is 24.7 Å². The highest BCUT2D eigenvalue weighted by Crippen LogP contribution is 2.22. The van der Waals surface area contributed by atoms with Crippen LogP contribution in [0.4, 0.5) is 0 Å².